The Balaban J connectivity index is 1.81. The zero-order chi connectivity index (χ0) is 20.8. The van der Waals surface area contributed by atoms with E-state index in [-0.39, 0.29) is 11.6 Å². The molecule has 3 rings (SSSR count). The first kappa shape index (κ1) is 19.5. The second-order valence-corrected chi connectivity index (χ2v) is 5.78. The van der Waals surface area contributed by atoms with Crippen molar-refractivity contribution >= 4 is 29.0 Å². The molecule has 11 nitrogen and oxygen atoms in total. The summed E-state index contributed by atoms with van der Waals surface area (Å²) in [7, 11) is 1.52. The number of anilines is 3. The van der Waals surface area contributed by atoms with Crippen molar-refractivity contribution in [3.05, 3.63) is 70.2 Å². The van der Waals surface area contributed by atoms with Crippen molar-refractivity contribution in [1.82, 2.24) is 20.4 Å². The zero-order valence-electron chi connectivity index (χ0n) is 15.5. The topological polar surface area (TPSA) is 144 Å². The Kier molecular flexibility index (Phi) is 5.78. The van der Waals surface area contributed by atoms with Crippen molar-refractivity contribution < 1.29 is 14.5 Å². The minimum atomic E-state index is -0.650. The van der Waals surface area contributed by atoms with E-state index in [2.05, 4.69) is 31.1 Å². The fraction of sp³-hybridized carbons (Fsp3) is 0.111. The fourth-order valence-corrected chi connectivity index (χ4v) is 2.39. The van der Waals surface area contributed by atoms with Crippen molar-refractivity contribution in [2.24, 2.45) is 0 Å². The molecule has 29 heavy (non-hydrogen) atoms. The van der Waals surface area contributed by atoms with Crippen LogP contribution in [0.1, 0.15) is 15.9 Å². The van der Waals surface area contributed by atoms with Crippen LogP contribution in [-0.4, -0.2) is 32.9 Å². The van der Waals surface area contributed by atoms with Crippen molar-refractivity contribution in [3.63, 3.8) is 0 Å². The van der Waals surface area contributed by atoms with Crippen LogP contribution in [0.5, 0.6) is 5.75 Å². The van der Waals surface area contributed by atoms with Crippen molar-refractivity contribution in [2.75, 3.05) is 17.9 Å². The van der Waals surface area contributed by atoms with Gasteiger partial charge in [-0.05, 0) is 42.8 Å². The predicted molar refractivity (Wildman–Crippen MR) is 105 cm³/mol. The van der Waals surface area contributed by atoms with Crippen LogP contribution >= 0.6 is 0 Å². The number of nitrogens with zero attached hydrogens (tertiary/aromatic N) is 4. The Bertz CT molecular complexity index is 1040. The number of pyridine rings is 1. The maximum absolute atomic E-state index is 12.3. The number of nitro groups is 1. The highest BCUT2D eigenvalue weighted by Crippen LogP contribution is 2.30. The molecule has 0 atom stereocenters. The largest absolute Gasteiger partial charge is 0.497 e. The highest BCUT2D eigenvalue weighted by atomic mass is 16.6. The number of nitrogens with one attached hydrogen (secondary N) is 3. The number of benzene rings is 1. The number of hydrogen-bond donors (Lipinski definition) is 3. The van der Waals surface area contributed by atoms with Gasteiger partial charge in [0.1, 0.15) is 17.9 Å². The van der Waals surface area contributed by atoms with Gasteiger partial charge in [0.15, 0.2) is 0 Å². The second-order valence-electron chi connectivity index (χ2n) is 5.78. The molecule has 0 spiro atoms. The maximum Gasteiger partial charge on any atom is 0.355 e. The number of carbonyl (C=O) groups excluding carboxylic acids is 1. The average molecular weight is 395 g/mol. The third kappa shape index (κ3) is 4.53. The molecule has 0 bridgehead atoms. The monoisotopic (exact) mass is 395 g/mol. The van der Waals surface area contributed by atoms with Gasteiger partial charge in [-0.3, -0.25) is 25.8 Å². The van der Waals surface area contributed by atoms with Crippen molar-refractivity contribution in [2.45, 2.75) is 6.92 Å². The lowest BCUT2D eigenvalue weighted by molar-refractivity contribution is -0.383. The lowest BCUT2D eigenvalue weighted by atomic mass is 10.2. The summed E-state index contributed by atoms with van der Waals surface area (Å²) >= 11 is 0. The van der Waals surface area contributed by atoms with Crippen molar-refractivity contribution in [1.29, 1.82) is 0 Å². The summed E-state index contributed by atoms with van der Waals surface area (Å²) in [5.74, 6) is 0.274. The van der Waals surface area contributed by atoms with E-state index >= 15 is 0 Å². The minimum absolute atomic E-state index is 0.0620. The number of hydrazine groups is 1. The number of aryl methyl sites for hydroxylation is 1. The molecule has 3 N–H and O–H groups in total. The normalized spacial score (nSPS) is 10.1. The molecule has 1 aromatic carbocycles. The zero-order valence-corrected chi connectivity index (χ0v) is 15.5. The molecule has 3 aromatic rings. The number of aromatic nitrogens is 3. The highest BCUT2D eigenvalue weighted by Gasteiger charge is 2.24. The van der Waals surface area contributed by atoms with E-state index in [1.54, 1.807) is 49.5 Å². The first-order valence-corrected chi connectivity index (χ1v) is 8.38. The molecule has 1 amide bonds. The van der Waals surface area contributed by atoms with Gasteiger partial charge in [0.2, 0.25) is 11.6 Å². The van der Waals surface area contributed by atoms with E-state index < -0.39 is 16.5 Å². The molecule has 0 aliphatic rings. The molecule has 2 heterocycles. The first-order valence-electron chi connectivity index (χ1n) is 8.38. The molecule has 11 heteroatoms. The van der Waals surface area contributed by atoms with E-state index in [9.17, 15) is 14.9 Å². The SMILES string of the molecule is COc1ccc(C(=O)NNc2ncnc(Nc3ncccc3C)c2[N+](=O)[O-])cc1. The Hall–Kier alpha value is -4.28. The number of methoxy groups -OCH3 is 1. The molecule has 0 unspecified atom stereocenters. The molecule has 0 fully saturated rings. The van der Waals surface area contributed by atoms with Crippen LogP contribution in [0.25, 0.3) is 0 Å². The van der Waals surface area contributed by atoms with E-state index in [0.29, 0.717) is 17.1 Å². The number of rotatable bonds is 7. The summed E-state index contributed by atoms with van der Waals surface area (Å²) in [6.45, 7) is 1.80. The molecule has 2 aromatic heterocycles. The van der Waals surface area contributed by atoms with Crippen LogP contribution < -0.4 is 20.9 Å². The van der Waals surface area contributed by atoms with Crippen LogP contribution in [0.2, 0.25) is 0 Å². The molecular formula is C18H17N7O4. The van der Waals surface area contributed by atoms with E-state index in [1.165, 1.54) is 7.11 Å². The molecule has 0 saturated carbocycles. The highest BCUT2D eigenvalue weighted by molar-refractivity contribution is 5.95. The Morgan fingerprint density at radius 1 is 1.07 bits per heavy atom. The summed E-state index contributed by atoms with van der Waals surface area (Å²) in [6.07, 6.45) is 2.69. The Morgan fingerprint density at radius 2 is 1.79 bits per heavy atom. The van der Waals surface area contributed by atoms with Crippen LogP contribution in [0, 0.1) is 17.0 Å². The average Bonchev–Trinajstić information content (AvgIpc) is 2.73. The predicted octanol–water partition coefficient (Wildman–Crippen LogP) is 2.60. The van der Waals surface area contributed by atoms with Gasteiger partial charge in [-0.25, -0.2) is 15.0 Å². The summed E-state index contributed by atoms with van der Waals surface area (Å²) in [4.78, 5) is 35.1. The van der Waals surface area contributed by atoms with E-state index in [0.717, 1.165) is 11.9 Å². The molecular weight excluding hydrogens is 378 g/mol. The smallest absolute Gasteiger partial charge is 0.355 e. The lowest BCUT2D eigenvalue weighted by Gasteiger charge is -2.11. The Labute approximate surface area is 165 Å². The molecule has 0 radical (unpaired) electrons. The van der Waals surface area contributed by atoms with Gasteiger partial charge < -0.3 is 10.1 Å². The molecule has 0 aliphatic heterocycles. The van der Waals surface area contributed by atoms with Crippen LogP contribution in [0.4, 0.5) is 23.1 Å². The molecule has 148 valence electrons. The van der Waals surface area contributed by atoms with Gasteiger partial charge in [-0.1, -0.05) is 6.07 Å². The standard InChI is InChI=1S/C18H17N7O4/c1-11-4-3-9-19-15(11)22-16-14(25(27)28)17(21-10-20-16)23-24-18(26)12-5-7-13(29-2)8-6-12/h3-10H,1-2H3,(H,24,26)(H2,19,20,21,22,23). The quantitative estimate of drug-likeness (QED) is 0.406. The summed E-state index contributed by atoms with van der Waals surface area (Å²) in [5.41, 5.74) is 5.53. The number of hydrogen-bond acceptors (Lipinski definition) is 9. The van der Waals surface area contributed by atoms with Gasteiger partial charge in [0, 0.05) is 11.8 Å². The second kappa shape index (κ2) is 8.61. The van der Waals surface area contributed by atoms with E-state index in [4.69, 9.17) is 4.74 Å². The van der Waals surface area contributed by atoms with Gasteiger partial charge in [-0.2, -0.15) is 0 Å². The maximum atomic E-state index is 12.3. The summed E-state index contributed by atoms with van der Waals surface area (Å²) in [5, 5.41) is 14.4. The van der Waals surface area contributed by atoms with Gasteiger partial charge in [0.05, 0.1) is 12.0 Å². The van der Waals surface area contributed by atoms with Crippen LogP contribution in [0.3, 0.4) is 0 Å². The summed E-state index contributed by atoms with van der Waals surface area (Å²) in [6, 6.07) is 9.91. The summed E-state index contributed by atoms with van der Waals surface area (Å²) < 4.78 is 5.04. The minimum Gasteiger partial charge on any atom is -0.497 e. The number of carbonyl (C=O) groups is 1. The van der Waals surface area contributed by atoms with Crippen LogP contribution in [0.15, 0.2) is 48.9 Å². The first-order chi connectivity index (χ1) is 14.0. The number of amides is 1. The fourth-order valence-electron chi connectivity index (χ4n) is 2.39. The van der Waals surface area contributed by atoms with E-state index in [1.807, 2.05) is 0 Å². The molecule has 0 aliphatic carbocycles. The third-order valence-corrected chi connectivity index (χ3v) is 3.90. The van der Waals surface area contributed by atoms with Gasteiger partial charge in [-0.15, -0.1) is 0 Å². The van der Waals surface area contributed by atoms with Gasteiger partial charge in [0.25, 0.3) is 5.91 Å². The van der Waals surface area contributed by atoms with Crippen molar-refractivity contribution in [3.8, 4) is 5.75 Å². The van der Waals surface area contributed by atoms with Crippen LogP contribution in [-0.2, 0) is 0 Å². The molecule has 0 saturated heterocycles. The lowest BCUT2D eigenvalue weighted by Crippen LogP contribution is -2.30. The van der Waals surface area contributed by atoms with Gasteiger partial charge >= 0.3 is 5.69 Å². The third-order valence-electron chi connectivity index (χ3n) is 3.90. The Morgan fingerprint density at radius 3 is 2.45 bits per heavy atom. The number of ether oxygens (including phenoxy) is 1.